The second-order valence-corrected chi connectivity index (χ2v) is 4.38. The highest BCUT2D eigenvalue weighted by Gasteiger charge is 2.42. The fourth-order valence-electron chi connectivity index (χ4n) is 1.84. The Bertz CT molecular complexity index is 671. The van der Waals surface area contributed by atoms with Gasteiger partial charge in [-0.1, -0.05) is 0 Å². The van der Waals surface area contributed by atoms with Gasteiger partial charge in [0, 0.05) is 0 Å². The van der Waals surface area contributed by atoms with Crippen LogP contribution in [0.25, 0.3) is 0 Å². The van der Waals surface area contributed by atoms with E-state index in [9.17, 15) is 27.6 Å². The maximum atomic E-state index is 13.2. The van der Waals surface area contributed by atoms with Gasteiger partial charge in [-0.05, 0) is 12.1 Å². The molecule has 22 heavy (non-hydrogen) atoms. The fourth-order valence-corrected chi connectivity index (χ4v) is 1.84. The summed E-state index contributed by atoms with van der Waals surface area (Å²) in [6, 6.07) is 0.123. The standard InChI is InChI=1S/C12H9F3N2O5/c13-12(14,15)8-4(10(17)19)1-2-6-9(8)22-11(20)5(16)3-7(18)21-6/h1-2,5H,3,16H2,(H2,17,19). The summed E-state index contributed by atoms with van der Waals surface area (Å²) in [7, 11) is 0. The molecule has 0 aromatic heterocycles. The van der Waals surface area contributed by atoms with Crippen molar-refractivity contribution in [3.05, 3.63) is 23.3 Å². The molecule has 0 spiro atoms. The van der Waals surface area contributed by atoms with Crippen molar-refractivity contribution in [3.63, 3.8) is 0 Å². The van der Waals surface area contributed by atoms with E-state index in [1.54, 1.807) is 0 Å². The van der Waals surface area contributed by atoms with Crippen molar-refractivity contribution >= 4 is 17.8 Å². The van der Waals surface area contributed by atoms with Gasteiger partial charge in [-0.3, -0.25) is 9.59 Å². The lowest BCUT2D eigenvalue weighted by molar-refractivity contribution is -0.148. The molecule has 4 N–H and O–H groups in total. The van der Waals surface area contributed by atoms with Gasteiger partial charge in [-0.2, -0.15) is 13.2 Å². The number of carbonyl (C=O) groups is 3. The third-order valence-electron chi connectivity index (χ3n) is 2.79. The van der Waals surface area contributed by atoms with Gasteiger partial charge in [-0.25, -0.2) is 4.79 Å². The average molecular weight is 318 g/mol. The van der Waals surface area contributed by atoms with Gasteiger partial charge in [0.05, 0.1) is 12.0 Å². The first-order valence-electron chi connectivity index (χ1n) is 5.83. The lowest BCUT2D eigenvalue weighted by Crippen LogP contribution is -2.39. The van der Waals surface area contributed by atoms with Crippen LogP contribution in [0.5, 0.6) is 11.5 Å². The predicted molar refractivity (Wildman–Crippen MR) is 63.8 cm³/mol. The van der Waals surface area contributed by atoms with Crippen LogP contribution in [0.1, 0.15) is 22.3 Å². The zero-order valence-electron chi connectivity index (χ0n) is 10.8. The van der Waals surface area contributed by atoms with Crippen LogP contribution in [-0.2, 0) is 15.8 Å². The van der Waals surface area contributed by atoms with E-state index in [1.807, 2.05) is 0 Å². The normalized spacial score (nSPS) is 18.6. The van der Waals surface area contributed by atoms with E-state index in [4.69, 9.17) is 11.5 Å². The van der Waals surface area contributed by atoms with Gasteiger partial charge in [0.1, 0.15) is 11.6 Å². The molecular formula is C12H9F3N2O5. The smallest absolute Gasteiger partial charge is 0.420 e. The topological polar surface area (TPSA) is 122 Å². The number of alkyl halides is 3. The summed E-state index contributed by atoms with van der Waals surface area (Å²) in [6.45, 7) is 0. The molecule has 1 unspecified atom stereocenters. The maximum Gasteiger partial charge on any atom is 0.420 e. The Morgan fingerprint density at radius 3 is 2.41 bits per heavy atom. The fraction of sp³-hybridized carbons (Fsp3) is 0.250. The Hall–Kier alpha value is -2.62. The van der Waals surface area contributed by atoms with Gasteiger partial charge in [-0.15, -0.1) is 0 Å². The molecule has 0 saturated heterocycles. The first-order chi connectivity index (χ1) is 10.1. The lowest BCUT2D eigenvalue weighted by atomic mass is 10.0. The minimum absolute atomic E-state index is 0.558. The van der Waals surface area contributed by atoms with Crippen LogP contribution in [0.3, 0.4) is 0 Å². The Morgan fingerprint density at radius 1 is 1.23 bits per heavy atom. The number of ether oxygens (including phenoxy) is 2. The first-order valence-corrected chi connectivity index (χ1v) is 5.83. The third-order valence-corrected chi connectivity index (χ3v) is 2.79. The van der Waals surface area contributed by atoms with Gasteiger partial charge >= 0.3 is 18.1 Å². The van der Waals surface area contributed by atoms with Crippen molar-refractivity contribution in [1.82, 2.24) is 0 Å². The molecule has 1 atom stereocenters. The number of carbonyl (C=O) groups excluding carboxylic acids is 3. The second-order valence-electron chi connectivity index (χ2n) is 4.38. The number of rotatable bonds is 1. The van der Waals surface area contributed by atoms with Gasteiger partial charge < -0.3 is 20.9 Å². The number of primary amides is 1. The molecule has 118 valence electrons. The molecule has 0 fully saturated rings. The van der Waals surface area contributed by atoms with E-state index in [1.165, 1.54) is 0 Å². The van der Waals surface area contributed by atoms with E-state index in [-0.39, 0.29) is 0 Å². The van der Waals surface area contributed by atoms with Crippen LogP contribution in [0.2, 0.25) is 0 Å². The Balaban J connectivity index is 2.73. The highest BCUT2D eigenvalue weighted by atomic mass is 19.4. The number of hydrogen-bond acceptors (Lipinski definition) is 6. The maximum absolute atomic E-state index is 13.2. The molecule has 10 heteroatoms. The van der Waals surface area contributed by atoms with Crippen LogP contribution in [0.4, 0.5) is 13.2 Å². The Labute approximate surface area is 121 Å². The molecule has 1 aliphatic rings. The number of benzene rings is 1. The SMILES string of the molecule is NC(=O)c1ccc2c(c1C(F)(F)F)OC(=O)C(N)CC(=O)O2. The molecule has 0 bridgehead atoms. The summed E-state index contributed by atoms with van der Waals surface area (Å²) in [6.07, 6.45) is -5.64. The summed E-state index contributed by atoms with van der Waals surface area (Å²) >= 11 is 0. The molecule has 1 heterocycles. The van der Waals surface area contributed by atoms with Crippen molar-refractivity contribution in [2.45, 2.75) is 18.6 Å². The molecule has 1 aromatic carbocycles. The second kappa shape index (κ2) is 5.30. The summed E-state index contributed by atoms with van der Waals surface area (Å²) in [5, 5.41) is 0. The van der Waals surface area contributed by atoms with Gasteiger partial charge in [0.15, 0.2) is 11.5 Å². The largest absolute Gasteiger partial charge is 0.422 e. The molecule has 0 radical (unpaired) electrons. The molecular weight excluding hydrogens is 309 g/mol. The molecule has 0 aliphatic carbocycles. The van der Waals surface area contributed by atoms with Crippen molar-refractivity contribution in [3.8, 4) is 11.5 Å². The van der Waals surface area contributed by atoms with Gasteiger partial charge in [0.25, 0.3) is 0 Å². The summed E-state index contributed by atoms with van der Waals surface area (Å²) in [4.78, 5) is 34.2. The van der Waals surface area contributed by atoms with E-state index in [0.717, 1.165) is 12.1 Å². The summed E-state index contributed by atoms with van der Waals surface area (Å²) < 4.78 is 48.8. The quantitative estimate of drug-likeness (QED) is 0.569. The highest BCUT2D eigenvalue weighted by Crippen LogP contribution is 2.44. The van der Waals surface area contributed by atoms with Crippen molar-refractivity contribution in [2.75, 3.05) is 0 Å². The van der Waals surface area contributed by atoms with Crippen LogP contribution >= 0.6 is 0 Å². The number of nitrogens with two attached hydrogens (primary N) is 2. The summed E-state index contributed by atoms with van der Waals surface area (Å²) in [5.74, 6) is -5.42. The van der Waals surface area contributed by atoms with Crippen LogP contribution in [-0.4, -0.2) is 23.9 Å². The Kier molecular flexibility index (Phi) is 3.79. The molecule has 2 rings (SSSR count). The number of amides is 1. The monoisotopic (exact) mass is 318 g/mol. The van der Waals surface area contributed by atoms with Crippen molar-refractivity contribution in [1.29, 1.82) is 0 Å². The first kappa shape index (κ1) is 15.8. The van der Waals surface area contributed by atoms with E-state index in [2.05, 4.69) is 9.47 Å². The number of fused-ring (bicyclic) bond motifs is 1. The van der Waals surface area contributed by atoms with Crippen LogP contribution < -0.4 is 20.9 Å². The summed E-state index contributed by atoms with van der Waals surface area (Å²) in [5.41, 5.74) is 7.67. The van der Waals surface area contributed by atoms with E-state index < -0.39 is 59.1 Å². The van der Waals surface area contributed by atoms with Crippen LogP contribution in [0.15, 0.2) is 12.1 Å². The lowest BCUT2D eigenvalue weighted by Gasteiger charge is -2.22. The minimum atomic E-state index is -5.08. The molecule has 1 amide bonds. The Morgan fingerprint density at radius 2 is 1.86 bits per heavy atom. The molecule has 0 saturated carbocycles. The molecule has 7 nitrogen and oxygen atoms in total. The predicted octanol–water partition coefficient (Wildman–Crippen LogP) is 0.346. The number of hydrogen-bond donors (Lipinski definition) is 2. The third kappa shape index (κ3) is 2.86. The van der Waals surface area contributed by atoms with E-state index >= 15 is 0 Å². The van der Waals surface area contributed by atoms with Crippen molar-refractivity contribution in [2.24, 2.45) is 11.5 Å². The minimum Gasteiger partial charge on any atom is -0.422 e. The van der Waals surface area contributed by atoms with Crippen LogP contribution in [0, 0.1) is 0 Å². The zero-order chi connectivity index (χ0) is 16.7. The van der Waals surface area contributed by atoms with E-state index in [0.29, 0.717) is 0 Å². The molecule has 1 aromatic rings. The average Bonchev–Trinajstić information content (AvgIpc) is 2.37. The van der Waals surface area contributed by atoms with Gasteiger partial charge in [0.2, 0.25) is 5.91 Å². The number of halogens is 3. The molecule has 1 aliphatic heterocycles. The highest BCUT2D eigenvalue weighted by molar-refractivity contribution is 5.97. The zero-order valence-corrected chi connectivity index (χ0v) is 10.8. The number of esters is 2. The van der Waals surface area contributed by atoms with Crippen molar-refractivity contribution < 1.29 is 37.0 Å².